The van der Waals surface area contributed by atoms with Crippen molar-refractivity contribution >= 4 is 5.78 Å². The molecule has 0 radical (unpaired) electrons. The van der Waals surface area contributed by atoms with Crippen LogP contribution in [0.3, 0.4) is 0 Å². The molecule has 3 heteroatoms. The minimum absolute atomic E-state index is 0.0759. The van der Waals surface area contributed by atoms with Crippen molar-refractivity contribution < 1.29 is 13.9 Å². The number of carbonyl (C=O) groups is 1. The van der Waals surface area contributed by atoms with E-state index in [0.717, 1.165) is 0 Å². The van der Waals surface area contributed by atoms with E-state index in [9.17, 15) is 9.18 Å². The van der Waals surface area contributed by atoms with Crippen LogP contribution in [-0.4, -0.2) is 18.5 Å². The number of ether oxygens (including phenoxy) is 1. The van der Waals surface area contributed by atoms with Crippen LogP contribution in [0.5, 0.6) is 0 Å². The largest absolute Gasteiger partial charge is 0.370 e. The quantitative estimate of drug-likeness (QED) is 0.746. The number of benzene rings is 1. The van der Waals surface area contributed by atoms with E-state index in [2.05, 4.69) is 0 Å². The molecule has 18 heavy (non-hydrogen) atoms. The molecule has 0 aromatic heterocycles. The first-order valence-corrected chi connectivity index (χ1v) is 6.58. The minimum Gasteiger partial charge on any atom is -0.370 e. The summed E-state index contributed by atoms with van der Waals surface area (Å²) in [5.74, 6) is 0.201. The van der Waals surface area contributed by atoms with Gasteiger partial charge in [0.2, 0.25) is 0 Å². The van der Waals surface area contributed by atoms with E-state index in [1.54, 1.807) is 6.92 Å². The van der Waals surface area contributed by atoms with Crippen LogP contribution in [0.25, 0.3) is 0 Å². The van der Waals surface area contributed by atoms with Crippen LogP contribution in [0.15, 0.2) is 24.3 Å². The second-order valence-electron chi connectivity index (χ2n) is 5.00. The number of ketones is 1. The van der Waals surface area contributed by atoms with Gasteiger partial charge in [-0.2, -0.15) is 0 Å². The predicted molar refractivity (Wildman–Crippen MR) is 68.1 cm³/mol. The Morgan fingerprint density at radius 1 is 1.33 bits per heavy atom. The first-order chi connectivity index (χ1) is 8.66. The molecule has 1 unspecified atom stereocenters. The van der Waals surface area contributed by atoms with Crippen LogP contribution in [-0.2, 0) is 4.74 Å². The summed E-state index contributed by atoms with van der Waals surface area (Å²) < 4.78 is 18.4. The van der Waals surface area contributed by atoms with E-state index >= 15 is 0 Å². The lowest BCUT2D eigenvalue weighted by molar-refractivity contribution is 0.0351. The lowest BCUT2D eigenvalue weighted by atomic mass is 10.1. The summed E-state index contributed by atoms with van der Waals surface area (Å²) in [4.78, 5) is 12.0. The van der Waals surface area contributed by atoms with E-state index in [1.165, 1.54) is 49.9 Å². The lowest BCUT2D eigenvalue weighted by Gasteiger charge is -2.15. The highest BCUT2D eigenvalue weighted by molar-refractivity contribution is 5.99. The van der Waals surface area contributed by atoms with Gasteiger partial charge in [0.15, 0.2) is 5.78 Å². The fraction of sp³-hybridized carbons (Fsp3) is 0.533. The topological polar surface area (TPSA) is 26.3 Å². The minimum atomic E-state index is -0.448. The Hall–Kier alpha value is -1.22. The van der Waals surface area contributed by atoms with Gasteiger partial charge in [0.25, 0.3) is 0 Å². The SMILES string of the molecule is CC(OCC1CCCC1)C(=O)c1ccc(F)cc1. The number of rotatable bonds is 5. The fourth-order valence-corrected chi connectivity index (χ4v) is 2.38. The Kier molecular flexibility index (Phi) is 4.48. The molecule has 0 spiro atoms. The van der Waals surface area contributed by atoms with Crippen LogP contribution >= 0.6 is 0 Å². The van der Waals surface area contributed by atoms with E-state index in [0.29, 0.717) is 18.1 Å². The van der Waals surface area contributed by atoms with E-state index in [1.807, 2.05) is 0 Å². The highest BCUT2D eigenvalue weighted by atomic mass is 19.1. The molecule has 2 rings (SSSR count). The first-order valence-electron chi connectivity index (χ1n) is 6.58. The van der Waals surface area contributed by atoms with Gasteiger partial charge in [0, 0.05) is 5.56 Å². The van der Waals surface area contributed by atoms with Crippen molar-refractivity contribution in [2.45, 2.75) is 38.7 Å². The van der Waals surface area contributed by atoms with Crippen molar-refractivity contribution in [3.8, 4) is 0 Å². The molecule has 1 aromatic carbocycles. The van der Waals surface area contributed by atoms with Gasteiger partial charge in [-0.3, -0.25) is 4.79 Å². The molecule has 98 valence electrons. The maximum atomic E-state index is 12.8. The Balaban J connectivity index is 1.85. The molecule has 1 atom stereocenters. The molecule has 2 nitrogen and oxygen atoms in total. The third kappa shape index (κ3) is 3.39. The van der Waals surface area contributed by atoms with E-state index < -0.39 is 6.10 Å². The van der Waals surface area contributed by atoms with Crippen molar-refractivity contribution in [1.29, 1.82) is 0 Å². The van der Waals surface area contributed by atoms with E-state index in [4.69, 9.17) is 4.74 Å². The van der Waals surface area contributed by atoms with Gasteiger partial charge in [-0.1, -0.05) is 12.8 Å². The molecule has 0 amide bonds. The van der Waals surface area contributed by atoms with E-state index in [-0.39, 0.29) is 11.6 Å². The Morgan fingerprint density at radius 3 is 2.56 bits per heavy atom. The van der Waals surface area contributed by atoms with Crippen LogP contribution < -0.4 is 0 Å². The molecule has 0 heterocycles. The molecule has 1 aliphatic rings. The average molecular weight is 250 g/mol. The van der Waals surface area contributed by atoms with Gasteiger partial charge in [-0.25, -0.2) is 4.39 Å². The molecule has 0 bridgehead atoms. The molecular formula is C15H19FO2. The summed E-state index contributed by atoms with van der Waals surface area (Å²) in [7, 11) is 0. The molecule has 1 saturated carbocycles. The number of carbonyl (C=O) groups excluding carboxylic acids is 1. The van der Waals surface area contributed by atoms with Crippen molar-refractivity contribution in [3.63, 3.8) is 0 Å². The molecule has 0 N–H and O–H groups in total. The van der Waals surface area contributed by atoms with Gasteiger partial charge in [0.1, 0.15) is 11.9 Å². The van der Waals surface area contributed by atoms with Gasteiger partial charge < -0.3 is 4.74 Å². The summed E-state index contributed by atoms with van der Waals surface area (Å²) in [5, 5.41) is 0. The lowest BCUT2D eigenvalue weighted by Crippen LogP contribution is -2.23. The van der Waals surface area contributed by atoms with Crippen LogP contribution in [0, 0.1) is 11.7 Å². The molecule has 1 aromatic rings. The zero-order chi connectivity index (χ0) is 13.0. The molecule has 1 fully saturated rings. The maximum Gasteiger partial charge on any atom is 0.191 e. The fourth-order valence-electron chi connectivity index (χ4n) is 2.38. The summed E-state index contributed by atoms with van der Waals surface area (Å²) in [6.45, 7) is 2.43. The van der Waals surface area contributed by atoms with Crippen LogP contribution in [0.1, 0.15) is 43.0 Å². The third-order valence-electron chi connectivity index (χ3n) is 3.55. The second kappa shape index (κ2) is 6.10. The summed E-state index contributed by atoms with van der Waals surface area (Å²) in [5.41, 5.74) is 0.510. The Bertz CT molecular complexity index is 393. The zero-order valence-electron chi connectivity index (χ0n) is 10.7. The second-order valence-corrected chi connectivity index (χ2v) is 5.00. The normalized spacial score (nSPS) is 17.9. The van der Waals surface area contributed by atoms with Gasteiger partial charge >= 0.3 is 0 Å². The standard InChI is InChI=1S/C15H19FO2/c1-11(18-10-12-4-2-3-5-12)15(17)13-6-8-14(16)9-7-13/h6-9,11-12H,2-5,10H2,1H3. The van der Waals surface area contributed by atoms with Crippen molar-refractivity contribution in [3.05, 3.63) is 35.6 Å². The summed E-state index contributed by atoms with van der Waals surface area (Å²) in [6, 6.07) is 5.62. The number of Topliss-reactive ketones (excluding diaryl/α,β-unsaturated/α-hetero) is 1. The smallest absolute Gasteiger partial charge is 0.191 e. The average Bonchev–Trinajstić information content (AvgIpc) is 2.89. The number of hydrogen-bond acceptors (Lipinski definition) is 2. The molecule has 1 aliphatic carbocycles. The Labute approximate surface area is 107 Å². The molecule has 0 aliphatic heterocycles. The summed E-state index contributed by atoms with van der Waals surface area (Å²) in [6.07, 6.45) is 4.51. The van der Waals surface area contributed by atoms with Gasteiger partial charge in [-0.15, -0.1) is 0 Å². The molecule has 0 saturated heterocycles. The third-order valence-corrected chi connectivity index (χ3v) is 3.55. The Morgan fingerprint density at radius 2 is 1.94 bits per heavy atom. The highest BCUT2D eigenvalue weighted by Gasteiger charge is 2.20. The number of hydrogen-bond donors (Lipinski definition) is 0. The highest BCUT2D eigenvalue weighted by Crippen LogP contribution is 2.25. The molecular weight excluding hydrogens is 231 g/mol. The first kappa shape index (κ1) is 13.2. The summed E-state index contributed by atoms with van der Waals surface area (Å²) >= 11 is 0. The monoisotopic (exact) mass is 250 g/mol. The zero-order valence-corrected chi connectivity index (χ0v) is 10.7. The van der Waals surface area contributed by atoms with Crippen molar-refractivity contribution in [2.75, 3.05) is 6.61 Å². The van der Waals surface area contributed by atoms with Gasteiger partial charge in [0.05, 0.1) is 6.61 Å². The number of halogens is 1. The van der Waals surface area contributed by atoms with Crippen LogP contribution in [0.4, 0.5) is 4.39 Å². The van der Waals surface area contributed by atoms with Crippen LogP contribution in [0.2, 0.25) is 0 Å². The van der Waals surface area contributed by atoms with Crippen molar-refractivity contribution in [1.82, 2.24) is 0 Å². The maximum absolute atomic E-state index is 12.8. The van der Waals surface area contributed by atoms with Crippen molar-refractivity contribution in [2.24, 2.45) is 5.92 Å². The van der Waals surface area contributed by atoms with Gasteiger partial charge in [-0.05, 0) is 49.9 Å². The predicted octanol–water partition coefficient (Wildman–Crippen LogP) is 3.60.